The first-order chi connectivity index (χ1) is 13.4. The summed E-state index contributed by atoms with van der Waals surface area (Å²) in [6.45, 7) is 10.6. The zero-order valence-corrected chi connectivity index (χ0v) is 18.1. The molecule has 1 aromatic rings. The molecular formula is C25H39NO2. The maximum Gasteiger partial charge on any atom is 0.0900 e. The molecule has 3 nitrogen and oxygen atoms in total. The molecule has 156 valence electrons. The molecular weight excluding hydrogens is 346 g/mol. The number of hydrogen-bond donors (Lipinski definition) is 1. The Labute approximate surface area is 171 Å². The van der Waals surface area contributed by atoms with Crippen LogP contribution in [0.25, 0.3) is 0 Å². The van der Waals surface area contributed by atoms with Crippen molar-refractivity contribution < 1.29 is 9.84 Å². The highest BCUT2D eigenvalue weighted by atomic mass is 16.5. The van der Waals surface area contributed by atoms with Crippen LogP contribution in [0.1, 0.15) is 58.4 Å². The van der Waals surface area contributed by atoms with Gasteiger partial charge in [-0.05, 0) is 79.8 Å². The van der Waals surface area contributed by atoms with Gasteiger partial charge in [0.15, 0.2) is 0 Å². The molecule has 3 heteroatoms. The van der Waals surface area contributed by atoms with Gasteiger partial charge in [-0.3, -0.25) is 0 Å². The molecule has 0 spiro atoms. The summed E-state index contributed by atoms with van der Waals surface area (Å²) in [5, 5.41) is 10.6. The molecule has 28 heavy (non-hydrogen) atoms. The van der Waals surface area contributed by atoms with Gasteiger partial charge in [0.2, 0.25) is 0 Å². The van der Waals surface area contributed by atoms with Crippen molar-refractivity contribution >= 4 is 0 Å². The number of hydrogen-bond acceptors (Lipinski definition) is 3. The average Bonchev–Trinajstić information content (AvgIpc) is 3.15. The first kappa shape index (κ1) is 20.4. The Balaban J connectivity index is 1.20. The Hall–Kier alpha value is -0.900. The van der Waals surface area contributed by atoms with Crippen molar-refractivity contribution in [3.05, 3.63) is 35.9 Å². The highest BCUT2D eigenvalue weighted by Gasteiger charge is 2.60. The molecule has 1 heterocycles. The number of aliphatic hydroxyl groups is 1. The Bertz CT molecular complexity index is 632. The monoisotopic (exact) mass is 385 g/mol. The SMILES string of the molecule is CC1(C)[C@H]2CC[C@@](C)(C2)[C@@H]1OC[C@H](O)CN1CCC(Cc2ccccc2)CC1. The summed E-state index contributed by atoms with van der Waals surface area (Å²) in [7, 11) is 0. The second-order valence-electron chi connectivity index (χ2n) is 10.7. The Morgan fingerprint density at radius 2 is 1.82 bits per heavy atom. The first-order valence-electron chi connectivity index (χ1n) is 11.4. The number of ether oxygens (including phenoxy) is 1. The van der Waals surface area contributed by atoms with Crippen LogP contribution < -0.4 is 0 Å². The quantitative estimate of drug-likeness (QED) is 0.748. The number of benzene rings is 1. The first-order valence-corrected chi connectivity index (χ1v) is 11.4. The van der Waals surface area contributed by atoms with E-state index in [1.165, 1.54) is 44.1 Å². The van der Waals surface area contributed by atoms with Crippen molar-refractivity contribution in [3.8, 4) is 0 Å². The normalized spacial score (nSPS) is 34.0. The maximum absolute atomic E-state index is 10.6. The Morgan fingerprint density at radius 1 is 1.11 bits per heavy atom. The molecule has 0 radical (unpaired) electrons. The molecule has 0 amide bonds. The molecule has 4 rings (SSSR count). The lowest BCUT2D eigenvalue weighted by Gasteiger charge is -2.43. The number of aliphatic hydroxyl groups excluding tert-OH is 1. The molecule has 0 unspecified atom stereocenters. The second kappa shape index (κ2) is 8.08. The van der Waals surface area contributed by atoms with E-state index in [0.717, 1.165) is 31.5 Å². The van der Waals surface area contributed by atoms with Crippen LogP contribution in [-0.4, -0.2) is 48.5 Å². The van der Waals surface area contributed by atoms with Crippen LogP contribution in [0.3, 0.4) is 0 Å². The Kier molecular flexibility index (Phi) is 5.88. The summed E-state index contributed by atoms with van der Waals surface area (Å²) in [5.74, 6) is 1.57. The van der Waals surface area contributed by atoms with Gasteiger partial charge in [-0.15, -0.1) is 0 Å². The van der Waals surface area contributed by atoms with Crippen molar-refractivity contribution in [3.63, 3.8) is 0 Å². The molecule has 1 saturated heterocycles. The lowest BCUT2D eigenvalue weighted by atomic mass is 9.70. The van der Waals surface area contributed by atoms with Crippen LogP contribution in [0.15, 0.2) is 30.3 Å². The van der Waals surface area contributed by atoms with Crippen LogP contribution in [0.2, 0.25) is 0 Å². The van der Waals surface area contributed by atoms with Crippen molar-refractivity contribution in [2.45, 2.75) is 71.5 Å². The van der Waals surface area contributed by atoms with Gasteiger partial charge in [0.25, 0.3) is 0 Å². The van der Waals surface area contributed by atoms with E-state index in [1.54, 1.807) is 0 Å². The summed E-state index contributed by atoms with van der Waals surface area (Å²) < 4.78 is 6.38. The number of fused-ring (bicyclic) bond motifs is 2. The third-order valence-corrected chi connectivity index (χ3v) is 8.14. The van der Waals surface area contributed by atoms with Gasteiger partial charge in [0.1, 0.15) is 0 Å². The van der Waals surface area contributed by atoms with Crippen LogP contribution in [0.4, 0.5) is 0 Å². The second-order valence-corrected chi connectivity index (χ2v) is 10.7. The summed E-state index contributed by atoms with van der Waals surface area (Å²) in [6, 6.07) is 10.8. The molecule has 1 aromatic carbocycles. The van der Waals surface area contributed by atoms with Crippen molar-refractivity contribution in [1.29, 1.82) is 0 Å². The van der Waals surface area contributed by atoms with Crippen LogP contribution in [0.5, 0.6) is 0 Å². The largest absolute Gasteiger partial charge is 0.389 e. The third-order valence-electron chi connectivity index (χ3n) is 8.14. The predicted octanol–water partition coefficient (Wildman–Crippen LogP) is 4.53. The molecule has 3 fully saturated rings. The smallest absolute Gasteiger partial charge is 0.0900 e. The molecule has 2 aliphatic carbocycles. The number of nitrogens with zero attached hydrogens (tertiary/aromatic N) is 1. The lowest BCUT2D eigenvalue weighted by Crippen LogP contribution is -2.45. The van der Waals surface area contributed by atoms with Crippen molar-refractivity contribution in [2.75, 3.05) is 26.2 Å². The zero-order chi connectivity index (χ0) is 19.8. The molecule has 4 atom stereocenters. The third kappa shape index (κ3) is 4.17. The summed E-state index contributed by atoms with van der Waals surface area (Å²) in [5.41, 5.74) is 2.03. The predicted molar refractivity (Wildman–Crippen MR) is 114 cm³/mol. The fourth-order valence-electron chi connectivity index (χ4n) is 6.55. The highest BCUT2D eigenvalue weighted by Crippen LogP contribution is 2.63. The molecule has 2 saturated carbocycles. The molecule has 1 N–H and O–H groups in total. The van der Waals surface area contributed by atoms with Gasteiger partial charge in [-0.2, -0.15) is 0 Å². The van der Waals surface area contributed by atoms with E-state index in [-0.39, 0.29) is 11.5 Å². The minimum Gasteiger partial charge on any atom is -0.389 e. The highest BCUT2D eigenvalue weighted by molar-refractivity contribution is 5.15. The minimum absolute atomic E-state index is 0.252. The van der Waals surface area contributed by atoms with Gasteiger partial charge < -0.3 is 14.7 Å². The van der Waals surface area contributed by atoms with E-state index in [2.05, 4.69) is 56.0 Å². The summed E-state index contributed by atoms with van der Waals surface area (Å²) in [6.07, 6.45) is 7.53. The maximum atomic E-state index is 10.6. The van der Waals surface area contributed by atoms with Gasteiger partial charge in [-0.1, -0.05) is 51.1 Å². The van der Waals surface area contributed by atoms with Crippen LogP contribution in [0, 0.1) is 22.7 Å². The summed E-state index contributed by atoms with van der Waals surface area (Å²) in [4.78, 5) is 2.43. The van der Waals surface area contributed by atoms with Gasteiger partial charge in [-0.25, -0.2) is 0 Å². The van der Waals surface area contributed by atoms with E-state index in [4.69, 9.17) is 4.74 Å². The summed E-state index contributed by atoms with van der Waals surface area (Å²) >= 11 is 0. The van der Waals surface area contributed by atoms with Crippen LogP contribution in [-0.2, 0) is 11.2 Å². The van der Waals surface area contributed by atoms with E-state index in [1.807, 2.05) is 0 Å². The van der Waals surface area contributed by atoms with Gasteiger partial charge >= 0.3 is 0 Å². The van der Waals surface area contributed by atoms with E-state index >= 15 is 0 Å². The van der Waals surface area contributed by atoms with Gasteiger partial charge in [0, 0.05) is 6.54 Å². The van der Waals surface area contributed by atoms with Crippen molar-refractivity contribution in [2.24, 2.45) is 22.7 Å². The van der Waals surface area contributed by atoms with Crippen molar-refractivity contribution in [1.82, 2.24) is 4.90 Å². The Morgan fingerprint density at radius 3 is 2.46 bits per heavy atom. The number of likely N-dealkylation sites (tertiary alicyclic amines) is 1. The van der Waals surface area contributed by atoms with Crippen LogP contribution >= 0.6 is 0 Å². The number of rotatable bonds is 7. The van der Waals surface area contributed by atoms with E-state index in [9.17, 15) is 5.11 Å². The molecule has 1 aliphatic heterocycles. The number of piperidine rings is 1. The lowest BCUT2D eigenvalue weighted by molar-refractivity contribution is -0.114. The standard InChI is InChI=1S/C25H39NO2/c1-24(2)21-9-12-25(3,16-21)23(24)28-18-22(27)17-26-13-10-20(11-14-26)15-19-7-5-4-6-8-19/h4-8,20-23,27H,9-18H2,1-3H3/t21-,22+,23+,25-/m0/s1. The molecule has 3 aliphatic rings. The topological polar surface area (TPSA) is 32.7 Å². The fourth-order valence-corrected chi connectivity index (χ4v) is 6.55. The fraction of sp³-hybridized carbons (Fsp3) is 0.760. The van der Waals surface area contributed by atoms with E-state index < -0.39 is 0 Å². The minimum atomic E-state index is -0.371. The average molecular weight is 386 g/mol. The molecule has 2 bridgehead atoms. The zero-order valence-electron chi connectivity index (χ0n) is 18.1. The number of β-amino-alcohol motifs (C(OH)–C–C–N with tert-alkyl or cyclic N) is 1. The van der Waals surface area contributed by atoms with Gasteiger partial charge in [0.05, 0.1) is 18.8 Å². The molecule has 0 aromatic heterocycles. The van der Waals surface area contributed by atoms with E-state index in [0.29, 0.717) is 18.1 Å².